The molecule has 0 N–H and O–H groups in total. The van der Waals surface area contributed by atoms with Gasteiger partial charge in [-0.05, 0) is 59.7 Å². The molecule has 0 aliphatic rings. The van der Waals surface area contributed by atoms with Gasteiger partial charge in [-0.25, -0.2) is 0 Å². The Morgan fingerprint density at radius 2 is 1.35 bits per heavy atom. The van der Waals surface area contributed by atoms with Crippen LogP contribution in [0.5, 0.6) is 11.5 Å². The van der Waals surface area contributed by atoms with E-state index < -0.39 is 0 Å². The lowest BCUT2D eigenvalue weighted by molar-refractivity contribution is -0.384. The van der Waals surface area contributed by atoms with Gasteiger partial charge in [0.1, 0.15) is 17.2 Å². The first kappa shape index (κ1) is 20.2. The minimum absolute atomic E-state index is 0.0620. The molecule has 156 valence electrons. The highest BCUT2D eigenvalue weighted by molar-refractivity contribution is 5.79. The number of aromatic nitrogens is 1. The van der Waals surface area contributed by atoms with E-state index in [1.165, 1.54) is 0 Å². The Bertz CT molecular complexity index is 1180. The number of hydrogen-bond acceptors (Lipinski definition) is 4. The predicted octanol–water partition coefficient (Wildman–Crippen LogP) is 5.80. The quantitative estimate of drug-likeness (QED) is 0.283. The fourth-order valence-electron chi connectivity index (χ4n) is 3.66. The van der Waals surface area contributed by atoms with E-state index in [0.29, 0.717) is 18.0 Å². The number of nitro groups is 1. The zero-order valence-electron chi connectivity index (χ0n) is 17.3. The first-order chi connectivity index (χ1) is 15.1. The molecular formula is C25H22N2O4. The summed E-state index contributed by atoms with van der Waals surface area (Å²) in [7, 11) is 3.21. The summed E-state index contributed by atoms with van der Waals surface area (Å²) in [5.74, 6) is 1.43. The molecule has 0 unspecified atom stereocenters. The van der Waals surface area contributed by atoms with Gasteiger partial charge in [0.05, 0.1) is 24.8 Å². The molecule has 3 aromatic carbocycles. The number of ether oxygens (including phenoxy) is 2. The van der Waals surface area contributed by atoms with Crippen molar-refractivity contribution in [1.82, 2.24) is 4.57 Å². The van der Waals surface area contributed by atoms with Gasteiger partial charge in [0, 0.05) is 18.2 Å². The fraction of sp³-hybridized carbons (Fsp3) is 0.120. The molecule has 0 spiro atoms. The van der Waals surface area contributed by atoms with E-state index in [1.807, 2.05) is 83.4 Å². The first-order valence-corrected chi connectivity index (χ1v) is 9.81. The molecule has 0 aliphatic heterocycles. The standard InChI is InChI=1S/C25H22N2O4/c1-30-21-12-8-19(9-13-21)23-16-24(27(28)29)25(20-10-14-22(31-2)15-11-20)26(23)17-18-6-4-3-5-7-18/h3-16H,17H2,1-2H3. The van der Waals surface area contributed by atoms with Gasteiger partial charge in [-0.2, -0.15) is 0 Å². The maximum Gasteiger partial charge on any atom is 0.295 e. The Kier molecular flexibility index (Phi) is 5.71. The van der Waals surface area contributed by atoms with Gasteiger partial charge in [0.2, 0.25) is 0 Å². The average molecular weight is 414 g/mol. The van der Waals surface area contributed by atoms with Crippen molar-refractivity contribution in [3.05, 3.63) is 101 Å². The van der Waals surface area contributed by atoms with Gasteiger partial charge in [0.25, 0.3) is 5.69 Å². The number of nitrogens with zero attached hydrogens (tertiary/aromatic N) is 2. The number of methoxy groups -OCH3 is 2. The molecule has 0 atom stereocenters. The van der Waals surface area contributed by atoms with Crippen LogP contribution in [0, 0.1) is 10.1 Å². The van der Waals surface area contributed by atoms with Crippen LogP contribution in [0.15, 0.2) is 84.9 Å². The van der Waals surface area contributed by atoms with Crippen molar-refractivity contribution in [3.8, 4) is 34.0 Å². The lowest BCUT2D eigenvalue weighted by Gasteiger charge is -2.14. The van der Waals surface area contributed by atoms with E-state index in [4.69, 9.17) is 9.47 Å². The molecule has 0 amide bonds. The molecule has 4 aromatic rings. The van der Waals surface area contributed by atoms with Crippen LogP contribution >= 0.6 is 0 Å². The van der Waals surface area contributed by atoms with Crippen molar-refractivity contribution in [1.29, 1.82) is 0 Å². The molecule has 31 heavy (non-hydrogen) atoms. The van der Waals surface area contributed by atoms with Gasteiger partial charge in [-0.15, -0.1) is 0 Å². The molecule has 6 heteroatoms. The van der Waals surface area contributed by atoms with Crippen molar-refractivity contribution in [2.45, 2.75) is 6.54 Å². The third-order valence-corrected chi connectivity index (χ3v) is 5.21. The van der Waals surface area contributed by atoms with E-state index in [-0.39, 0.29) is 10.6 Å². The fourth-order valence-corrected chi connectivity index (χ4v) is 3.66. The molecule has 6 nitrogen and oxygen atoms in total. The highest BCUT2D eigenvalue weighted by Gasteiger charge is 2.25. The molecule has 4 rings (SSSR count). The molecule has 1 aromatic heterocycles. The maximum atomic E-state index is 12.0. The average Bonchev–Trinajstić information content (AvgIpc) is 3.19. The third kappa shape index (κ3) is 4.14. The Labute approximate surface area is 180 Å². The molecule has 0 bridgehead atoms. The van der Waals surface area contributed by atoms with Crippen LogP contribution in [0.4, 0.5) is 5.69 Å². The van der Waals surface area contributed by atoms with E-state index in [9.17, 15) is 10.1 Å². The monoisotopic (exact) mass is 414 g/mol. The minimum atomic E-state index is -0.325. The van der Waals surface area contributed by atoms with Crippen LogP contribution in [0.25, 0.3) is 22.5 Å². The normalized spacial score (nSPS) is 10.6. The van der Waals surface area contributed by atoms with Crippen LogP contribution < -0.4 is 9.47 Å². The summed E-state index contributed by atoms with van der Waals surface area (Å²) in [4.78, 5) is 11.7. The Morgan fingerprint density at radius 3 is 1.87 bits per heavy atom. The summed E-state index contributed by atoms with van der Waals surface area (Å²) in [5, 5.41) is 12.0. The van der Waals surface area contributed by atoms with E-state index in [1.54, 1.807) is 20.3 Å². The lowest BCUT2D eigenvalue weighted by Crippen LogP contribution is -2.04. The Hall–Kier alpha value is -4.06. The summed E-state index contributed by atoms with van der Waals surface area (Å²) in [6.45, 7) is 0.497. The summed E-state index contributed by atoms with van der Waals surface area (Å²) < 4.78 is 12.5. The van der Waals surface area contributed by atoms with Crippen LogP contribution in [-0.2, 0) is 6.54 Å². The SMILES string of the molecule is COc1ccc(-c2cc([N+](=O)[O-])c(-c3ccc(OC)cc3)n2Cc2ccccc2)cc1. The second-order valence-electron chi connectivity index (χ2n) is 7.05. The van der Waals surface area contributed by atoms with Gasteiger partial charge in [0.15, 0.2) is 0 Å². The summed E-state index contributed by atoms with van der Waals surface area (Å²) in [6, 6.07) is 26.4. The summed E-state index contributed by atoms with van der Waals surface area (Å²) in [6.07, 6.45) is 0. The van der Waals surface area contributed by atoms with Gasteiger partial charge >= 0.3 is 0 Å². The van der Waals surface area contributed by atoms with Crippen molar-refractivity contribution < 1.29 is 14.4 Å². The number of rotatable bonds is 7. The topological polar surface area (TPSA) is 66.5 Å². The molecule has 0 saturated heterocycles. The number of hydrogen-bond donors (Lipinski definition) is 0. The van der Waals surface area contributed by atoms with E-state index >= 15 is 0 Å². The molecule has 0 aliphatic carbocycles. The molecule has 0 radical (unpaired) electrons. The van der Waals surface area contributed by atoms with Crippen molar-refractivity contribution >= 4 is 5.69 Å². The zero-order chi connectivity index (χ0) is 21.8. The molecule has 1 heterocycles. The second-order valence-corrected chi connectivity index (χ2v) is 7.05. The maximum absolute atomic E-state index is 12.0. The largest absolute Gasteiger partial charge is 0.497 e. The molecule has 0 fully saturated rings. The van der Waals surface area contributed by atoms with Crippen molar-refractivity contribution in [2.24, 2.45) is 0 Å². The Morgan fingerprint density at radius 1 is 0.806 bits per heavy atom. The zero-order valence-corrected chi connectivity index (χ0v) is 17.3. The first-order valence-electron chi connectivity index (χ1n) is 9.81. The summed E-state index contributed by atoms with van der Waals surface area (Å²) in [5.41, 5.74) is 4.07. The highest BCUT2D eigenvalue weighted by atomic mass is 16.6. The van der Waals surface area contributed by atoms with Gasteiger partial charge in [-0.3, -0.25) is 10.1 Å². The predicted molar refractivity (Wildman–Crippen MR) is 121 cm³/mol. The van der Waals surface area contributed by atoms with E-state index in [2.05, 4.69) is 0 Å². The van der Waals surface area contributed by atoms with Crippen molar-refractivity contribution in [3.63, 3.8) is 0 Å². The highest BCUT2D eigenvalue weighted by Crippen LogP contribution is 2.39. The number of benzene rings is 3. The third-order valence-electron chi connectivity index (χ3n) is 5.21. The Balaban J connectivity index is 1.93. The van der Waals surface area contributed by atoms with Gasteiger partial charge in [-0.1, -0.05) is 30.3 Å². The summed E-state index contributed by atoms with van der Waals surface area (Å²) >= 11 is 0. The van der Waals surface area contributed by atoms with Crippen LogP contribution in [-0.4, -0.2) is 23.7 Å². The van der Waals surface area contributed by atoms with E-state index in [0.717, 1.165) is 28.1 Å². The minimum Gasteiger partial charge on any atom is -0.497 e. The molecular weight excluding hydrogens is 392 g/mol. The molecule has 0 saturated carbocycles. The van der Waals surface area contributed by atoms with Gasteiger partial charge < -0.3 is 14.0 Å². The smallest absolute Gasteiger partial charge is 0.295 e. The lowest BCUT2D eigenvalue weighted by atomic mass is 10.1. The van der Waals surface area contributed by atoms with Crippen LogP contribution in [0.2, 0.25) is 0 Å². The van der Waals surface area contributed by atoms with Crippen molar-refractivity contribution in [2.75, 3.05) is 14.2 Å². The second kappa shape index (κ2) is 8.75. The van der Waals surface area contributed by atoms with Crippen LogP contribution in [0.1, 0.15) is 5.56 Å². The van der Waals surface area contributed by atoms with Crippen LogP contribution in [0.3, 0.4) is 0 Å².